The largest absolute Gasteiger partial charge is 0.454 e. The fourth-order valence-corrected chi connectivity index (χ4v) is 2.45. The number of hydrogen-bond acceptors (Lipinski definition) is 6. The number of fused-ring (bicyclic) bond motifs is 1. The van der Waals surface area contributed by atoms with E-state index < -0.39 is 4.92 Å². The maximum Gasteiger partial charge on any atom is 0.292 e. The highest BCUT2D eigenvalue weighted by molar-refractivity contribution is 5.65. The Morgan fingerprint density at radius 2 is 2.04 bits per heavy atom. The molecule has 1 heterocycles. The molecule has 1 aliphatic rings. The van der Waals surface area contributed by atoms with Crippen molar-refractivity contribution in [3.63, 3.8) is 0 Å². The first-order valence-corrected chi connectivity index (χ1v) is 6.86. The van der Waals surface area contributed by atoms with Gasteiger partial charge in [0, 0.05) is 19.7 Å². The van der Waals surface area contributed by atoms with Crippen molar-refractivity contribution in [2.45, 2.75) is 6.54 Å². The highest BCUT2D eigenvalue weighted by Crippen LogP contribution is 2.34. The van der Waals surface area contributed by atoms with Crippen LogP contribution >= 0.6 is 0 Å². The zero-order valence-corrected chi connectivity index (χ0v) is 12.4. The highest BCUT2D eigenvalue weighted by Gasteiger charge is 2.19. The van der Waals surface area contributed by atoms with Crippen LogP contribution in [0.25, 0.3) is 0 Å². The second-order valence-electron chi connectivity index (χ2n) is 5.12. The summed E-state index contributed by atoms with van der Waals surface area (Å²) in [4.78, 5) is 12.5. The third-order valence-corrected chi connectivity index (χ3v) is 3.57. The van der Waals surface area contributed by atoms with E-state index in [1.165, 1.54) is 18.2 Å². The number of benzene rings is 2. The number of nitro benzene ring substituents is 1. The van der Waals surface area contributed by atoms with Crippen LogP contribution in [0.3, 0.4) is 0 Å². The molecule has 0 saturated heterocycles. The molecule has 0 bridgehead atoms. The summed E-state index contributed by atoms with van der Waals surface area (Å²) in [5.74, 6) is 1.35. The van der Waals surface area contributed by atoms with Crippen LogP contribution in [0, 0.1) is 21.4 Å². The molecular weight excluding hydrogens is 298 g/mol. The van der Waals surface area contributed by atoms with Crippen LogP contribution in [-0.4, -0.2) is 18.8 Å². The van der Waals surface area contributed by atoms with E-state index in [4.69, 9.17) is 14.7 Å². The number of ether oxygens (including phenoxy) is 2. The summed E-state index contributed by atoms with van der Waals surface area (Å²) in [5, 5.41) is 20.2. The smallest absolute Gasteiger partial charge is 0.292 e. The molecule has 0 saturated carbocycles. The fraction of sp³-hybridized carbons (Fsp3) is 0.188. The molecule has 0 spiro atoms. The lowest BCUT2D eigenvalue weighted by Crippen LogP contribution is -2.17. The van der Waals surface area contributed by atoms with Gasteiger partial charge in [0.25, 0.3) is 5.69 Å². The van der Waals surface area contributed by atoms with Crippen LogP contribution in [0.5, 0.6) is 11.5 Å². The Bertz CT molecular complexity index is 813. The fourth-order valence-electron chi connectivity index (χ4n) is 2.45. The number of rotatable bonds is 4. The second kappa shape index (κ2) is 5.85. The Kier molecular flexibility index (Phi) is 3.73. The molecule has 0 radical (unpaired) electrons. The Morgan fingerprint density at radius 1 is 1.26 bits per heavy atom. The summed E-state index contributed by atoms with van der Waals surface area (Å²) >= 11 is 0. The van der Waals surface area contributed by atoms with Gasteiger partial charge in [0.1, 0.15) is 5.69 Å². The number of nitriles is 1. The van der Waals surface area contributed by atoms with E-state index in [0.717, 1.165) is 5.56 Å². The average molecular weight is 311 g/mol. The van der Waals surface area contributed by atoms with E-state index in [9.17, 15) is 10.1 Å². The van der Waals surface area contributed by atoms with Crippen LogP contribution in [0.1, 0.15) is 11.1 Å². The van der Waals surface area contributed by atoms with Crippen molar-refractivity contribution in [3.8, 4) is 17.6 Å². The molecule has 0 N–H and O–H groups in total. The van der Waals surface area contributed by atoms with Crippen LogP contribution in [0.2, 0.25) is 0 Å². The van der Waals surface area contributed by atoms with E-state index in [1.807, 2.05) is 24.3 Å². The van der Waals surface area contributed by atoms with Gasteiger partial charge in [-0.3, -0.25) is 10.1 Å². The van der Waals surface area contributed by atoms with E-state index in [0.29, 0.717) is 29.3 Å². The molecule has 1 aliphatic heterocycles. The third kappa shape index (κ3) is 2.87. The molecule has 0 fully saturated rings. The number of anilines is 1. The standard InChI is InChI=1S/C16H13N3O4/c1-18(9-12-3-5-15-16(7-12)23-10-22-15)14-6-11(8-17)2-4-13(14)19(20)21/h2-7H,9-10H2,1H3. The molecule has 3 rings (SSSR count). The Labute approximate surface area is 132 Å². The van der Waals surface area contributed by atoms with Crippen LogP contribution in [-0.2, 0) is 6.54 Å². The quantitative estimate of drug-likeness (QED) is 0.637. The minimum absolute atomic E-state index is 0.0350. The van der Waals surface area contributed by atoms with E-state index in [2.05, 4.69) is 0 Å². The normalized spacial score (nSPS) is 11.8. The van der Waals surface area contributed by atoms with E-state index >= 15 is 0 Å². The van der Waals surface area contributed by atoms with E-state index in [1.54, 1.807) is 11.9 Å². The molecule has 2 aromatic carbocycles. The third-order valence-electron chi connectivity index (χ3n) is 3.57. The van der Waals surface area contributed by atoms with Crippen LogP contribution < -0.4 is 14.4 Å². The minimum atomic E-state index is -0.452. The Hall–Kier alpha value is -3.27. The SMILES string of the molecule is CN(Cc1ccc2c(c1)OCO2)c1cc(C#N)ccc1[N+](=O)[O-]. The summed E-state index contributed by atoms with van der Waals surface area (Å²) in [6.45, 7) is 0.636. The van der Waals surface area contributed by atoms with Crippen molar-refractivity contribution >= 4 is 11.4 Å². The molecular formula is C16H13N3O4. The van der Waals surface area contributed by atoms with Gasteiger partial charge in [-0.1, -0.05) is 6.07 Å². The van der Waals surface area contributed by atoms with Crippen molar-refractivity contribution in [1.82, 2.24) is 0 Å². The monoisotopic (exact) mass is 311 g/mol. The molecule has 0 amide bonds. The molecule has 116 valence electrons. The first-order chi connectivity index (χ1) is 11.1. The number of nitrogens with zero attached hydrogens (tertiary/aromatic N) is 3. The molecule has 0 aromatic heterocycles. The lowest BCUT2D eigenvalue weighted by Gasteiger charge is -2.19. The molecule has 7 nitrogen and oxygen atoms in total. The van der Waals surface area contributed by atoms with Gasteiger partial charge >= 0.3 is 0 Å². The van der Waals surface area contributed by atoms with Crippen molar-refractivity contribution in [3.05, 3.63) is 57.6 Å². The predicted molar refractivity (Wildman–Crippen MR) is 82.5 cm³/mol. The molecule has 0 unspecified atom stereocenters. The highest BCUT2D eigenvalue weighted by atomic mass is 16.7. The van der Waals surface area contributed by atoms with Crippen molar-refractivity contribution in [2.75, 3.05) is 18.7 Å². The maximum atomic E-state index is 11.2. The predicted octanol–water partition coefficient (Wildman–Crippen LogP) is 2.83. The molecule has 2 aromatic rings. The molecule has 23 heavy (non-hydrogen) atoms. The van der Waals surface area contributed by atoms with Gasteiger partial charge in [-0.2, -0.15) is 5.26 Å². The van der Waals surface area contributed by atoms with Crippen LogP contribution in [0.4, 0.5) is 11.4 Å². The van der Waals surface area contributed by atoms with Crippen molar-refractivity contribution in [2.24, 2.45) is 0 Å². The summed E-state index contributed by atoms with van der Waals surface area (Å²) in [6.07, 6.45) is 0. The van der Waals surface area contributed by atoms with Gasteiger partial charge in [0.15, 0.2) is 11.5 Å². The Balaban J connectivity index is 1.89. The first-order valence-electron chi connectivity index (χ1n) is 6.86. The van der Waals surface area contributed by atoms with E-state index in [-0.39, 0.29) is 12.5 Å². The van der Waals surface area contributed by atoms with Gasteiger partial charge in [-0.15, -0.1) is 0 Å². The van der Waals surface area contributed by atoms with Gasteiger partial charge in [-0.05, 0) is 29.8 Å². The molecule has 0 atom stereocenters. The van der Waals surface area contributed by atoms with Crippen LogP contribution in [0.15, 0.2) is 36.4 Å². The lowest BCUT2D eigenvalue weighted by molar-refractivity contribution is -0.384. The lowest BCUT2D eigenvalue weighted by atomic mass is 10.1. The number of hydrogen-bond donors (Lipinski definition) is 0. The van der Waals surface area contributed by atoms with Gasteiger partial charge in [0.05, 0.1) is 16.6 Å². The second-order valence-corrected chi connectivity index (χ2v) is 5.12. The van der Waals surface area contributed by atoms with Crippen molar-refractivity contribution in [1.29, 1.82) is 5.26 Å². The van der Waals surface area contributed by atoms with Gasteiger partial charge in [0.2, 0.25) is 6.79 Å². The Morgan fingerprint density at radius 3 is 2.78 bits per heavy atom. The van der Waals surface area contributed by atoms with Gasteiger partial charge in [-0.25, -0.2) is 0 Å². The zero-order valence-electron chi connectivity index (χ0n) is 12.4. The topological polar surface area (TPSA) is 88.6 Å². The molecule has 0 aliphatic carbocycles. The average Bonchev–Trinajstić information content (AvgIpc) is 3.01. The summed E-state index contributed by atoms with van der Waals surface area (Å²) in [6, 6.07) is 11.8. The summed E-state index contributed by atoms with van der Waals surface area (Å²) < 4.78 is 10.6. The number of nitro groups is 1. The summed E-state index contributed by atoms with van der Waals surface area (Å²) in [5.41, 5.74) is 1.66. The zero-order chi connectivity index (χ0) is 16.4. The maximum absolute atomic E-state index is 11.2. The minimum Gasteiger partial charge on any atom is -0.454 e. The first kappa shape index (κ1) is 14.7. The van der Waals surface area contributed by atoms with Crippen molar-refractivity contribution < 1.29 is 14.4 Å². The van der Waals surface area contributed by atoms with Gasteiger partial charge < -0.3 is 14.4 Å². The summed E-state index contributed by atoms with van der Waals surface area (Å²) in [7, 11) is 1.74. The molecule has 7 heteroatoms.